The Hall–Kier alpha value is -2.69. The van der Waals surface area contributed by atoms with E-state index in [0.29, 0.717) is 13.0 Å². The highest BCUT2D eigenvalue weighted by Crippen LogP contribution is 2.25. The van der Waals surface area contributed by atoms with Gasteiger partial charge in [0.05, 0.1) is 6.61 Å². The molecule has 5 heteroatoms. The summed E-state index contributed by atoms with van der Waals surface area (Å²) in [5, 5.41) is 0. The summed E-state index contributed by atoms with van der Waals surface area (Å²) in [6.07, 6.45) is 1.55. The molecular formula is C21H25N3O2. The molecule has 0 amide bonds. The van der Waals surface area contributed by atoms with Crippen LogP contribution in [0, 0.1) is 20.8 Å². The molecule has 26 heavy (non-hydrogen) atoms. The van der Waals surface area contributed by atoms with E-state index in [1.807, 2.05) is 6.92 Å². The monoisotopic (exact) mass is 351 g/mol. The van der Waals surface area contributed by atoms with Crippen LogP contribution in [0.2, 0.25) is 0 Å². The number of nitrogens with zero attached hydrogens (tertiary/aromatic N) is 3. The lowest BCUT2D eigenvalue weighted by Gasteiger charge is -2.12. The molecule has 0 spiro atoms. The molecule has 2 heterocycles. The van der Waals surface area contributed by atoms with Crippen LogP contribution in [-0.2, 0) is 22.4 Å². The van der Waals surface area contributed by atoms with Gasteiger partial charge in [0.15, 0.2) is 5.65 Å². The smallest absolute Gasteiger partial charge is 0.302 e. The minimum atomic E-state index is -0.242. The van der Waals surface area contributed by atoms with E-state index in [4.69, 9.17) is 14.7 Å². The van der Waals surface area contributed by atoms with E-state index in [9.17, 15) is 4.79 Å². The van der Waals surface area contributed by atoms with Gasteiger partial charge in [0, 0.05) is 31.1 Å². The summed E-state index contributed by atoms with van der Waals surface area (Å²) in [5.74, 6) is 0.766. The van der Waals surface area contributed by atoms with Gasteiger partial charge in [-0.2, -0.15) is 0 Å². The van der Waals surface area contributed by atoms with Gasteiger partial charge in [0.1, 0.15) is 11.3 Å². The summed E-state index contributed by atoms with van der Waals surface area (Å²) in [5.41, 5.74) is 7.43. The molecule has 0 aliphatic rings. The third-order valence-electron chi connectivity index (χ3n) is 4.58. The second kappa shape index (κ2) is 7.28. The Morgan fingerprint density at radius 1 is 1.12 bits per heavy atom. The molecule has 0 N–H and O–H groups in total. The first kappa shape index (κ1) is 18.1. The quantitative estimate of drug-likeness (QED) is 0.652. The number of benzene rings is 1. The minimum absolute atomic E-state index is 0.242. The number of imidazole rings is 1. The SMILES string of the molecule is CCc1nc2c(C)cc(C)nc2n1-c1ccc(CCOC(C)=O)c(C)c1. The van der Waals surface area contributed by atoms with E-state index in [-0.39, 0.29) is 5.97 Å². The Balaban J connectivity index is 2.03. The van der Waals surface area contributed by atoms with Crippen LogP contribution >= 0.6 is 0 Å². The predicted molar refractivity (Wildman–Crippen MR) is 103 cm³/mol. The van der Waals surface area contributed by atoms with E-state index in [2.05, 4.69) is 49.6 Å². The Bertz CT molecular complexity index is 973. The summed E-state index contributed by atoms with van der Waals surface area (Å²) >= 11 is 0. The summed E-state index contributed by atoms with van der Waals surface area (Å²) in [7, 11) is 0. The average molecular weight is 351 g/mol. The number of hydrogen-bond acceptors (Lipinski definition) is 4. The number of aromatic nitrogens is 3. The molecule has 3 rings (SSSR count). The van der Waals surface area contributed by atoms with Crippen molar-refractivity contribution in [3.63, 3.8) is 0 Å². The molecule has 0 fully saturated rings. The number of esters is 1. The number of rotatable bonds is 5. The van der Waals surface area contributed by atoms with Crippen LogP contribution < -0.4 is 0 Å². The van der Waals surface area contributed by atoms with E-state index < -0.39 is 0 Å². The Labute approximate surface area is 154 Å². The normalized spacial score (nSPS) is 11.1. The van der Waals surface area contributed by atoms with Crippen molar-refractivity contribution < 1.29 is 9.53 Å². The number of aryl methyl sites for hydroxylation is 4. The first-order valence-electron chi connectivity index (χ1n) is 8.99. The van der Waals surface area contributed by atoms with Crippen molar-refractivity contribution in [2.75, 3.05) is 6.61 Å². The minimum Gasteiger partial charge on any atom is -0.466 e. The fraction of sp³-hybridized carbons (Fsp3) is 0.381. The summed E-state index contributed by atoms with van der Waals surface area (Å²) in [4.78, 5) is 20.5. The van der Waals surface area contributed by atoms with Crippen LogP contribution in [-0.4, -0.2) is 27.1 Å². The van der Waals surface area contributed by atoms with Crippen LogP contribution in [0.25, 0.3) is 16.9 Å². The predicted octanol–water partition coefficient (Wildman–Crippen LogP) is 4.01. The fourth-order valence-corrected chi connectivity index (χ4v) is 3.32. The highest BCUT2D eigenvalue weighted by atomic mass is 16.5. The topological polar surface area (TPSA) is 57.0 Å². The van der Waals surface area contributed by atoms with Gasteiger partial charge in [-0.05, 0) is 55.7 Å². The van der Waals surface area contributed by atoms with Crippen molar-refractivity contribution in [2.24, 2.45) is 0 Å². The van der Waals surface area contributed by atoms with Gasteiger partial charge in [-0.1, -0.05) is 13.0 Å². The number of hydrogen-bond donors (Lipinski definition) is 0. The standard InChI is InChI=1S/C21H25N3O2/c1-6-19-23-20-14(3)11-15(4)22-21(20)24(19)18-8-7-17(13(2)12-18)9-10-26-16(5)25/h7-8,11-12H,6,9-10H2,1-5H3. The molecule has 0 radical (unpaired) electrons. The number of carbonyl (C=O) groups is 1. The zero-order valence-electron chi connectivity index (χ0n) is 16.1. The van der Waals surface area contributed by atoms with Crippen molar-refractivity contribution in [3.8, 4) is 5.69 Å². The van der Waals surface area contributed by atoms with E-state index >= 15 is 0 Å². The third kappa shape index (κ3) is 3.47. The summed E-state index contributed by atoms with van der Waals surface area (Å²) < 4.78 is 7.21. The van der Waals surface area contributed by atoms with Gasteiger partial charge < -0.3 is 4.74 Å². The molecule has 0 bridgehead atoms. The molecule has 0 saturated heterocycles. The van der Waals surface area contributed by atoms with Crippen LogP contribution in [0.3, 0.4) is 0 Å². The second-order valence-corrected chi connectivity index (χ2v) is 6.67. The average Bonchev–Trinajstić information content (AvgIpc) is 2.94. The van der Waals surface area contributed by atoms with Gasteiger partial charge >= 0.3 is 5.97 Å². The van der Waals surface area contributed by atoms with Gasteiger partial charge in [0.2, 0.25) is 0 Å². The molecule has 0 unspecified atom stereocenters. The largest absolute Gasteiger partial charge is 0.466 e. The lowest BCUT2D eigenvalue weighted by Crippen LogP contribution is -2.06. The molecule has 0 aliphatic heterocycles. The van der Waals surface area contributed by atoms with Gasteiger partial charge in [-0.3, -0.25) is 9.36 Å². The van der Waals surface area contributed by atoms with E-state index in [0.717, 1.165) is 40.4 Å². The first-order chi connectivity index (χ1) is 12.4. The van der Waals surface area contributed by atoms with Crippen molar-refractivity contribution in [1.82, 2.24) is 14.5 Å². The van der Waals surface area contributed by atoms with Crippen molar-refractivity contribution in [3.05, 3.63) is 52.5 Å². The van der Waals surface area contributed by atoms with E-state index in [1.165, 1.54) is 18.1 Å². The molecule has 136 valence electrons. The molecule has 1 aromatic carbocycles. The number of fused-ring (bicyclic) bond motifs is 1. The Morgan fingerprint density at radius 2 is 1.88 bits per heavy atom. The Kier molecular flexibility index (Phi) is 5.07. The van der Waals surface area contributed by atoms with Crippen LogP contribution in [0.1, 0.15) is 42.1 Å². The van der Waals surface area contributed by atoms with Crippen molar-refractivity contribution >= 4 is 17.1 Å². The zero-order valence-corrected chi connectivity index (χ0v) is 16.1. The number of pyridine rings is 1. The molecule has 3 aromatic rings. The molecule has 5 nitrogen and oxygen atoms in total. The maximum atomic E-state index is 10.9. The maximum Gasteiger partial charge on any atom is 0.302 e. The van der Waals surface area contributed by atoms with E-state index in [1.54, 1.807) is 0 Å². The van der Waals surface area contributed by atoms with Crippen molar-refractivity contribution in [1.29, 1.82) is 0 Å². The van der Waals surface area contributed by atoms with Gasteiger partial charge in [-0.15, -0.1) is 0 Å². The molecule has 0 aliphatic carbocycles. The lowest BCUT2D eigenvalue weighted by molar-refractivity contribution is -0.140. The number of carbonyl (C=O) groups excluding carboxylic acids is 1. The lowest BCUT2D eigenvalue weighted by atomic mass is 10.1. The van der Waals surface area contributed by atoms with Crippen molar-refractivity contribution in [2.45, 2.75) is 47.5 Å². The highest BCUT2D eigenvalue weighted by molar-refractivity contribution is 5.78. The third-order valence-corrected chi connectivity index (χ3v) is 4.58. The zero-order chi connectivity index (χ0) is 18.8. The first-order valence-corrected chi connectivity index (χ1v) is 8.99. The van der Waals surface area contributed by atoms with Gasteiger partial charge in [0.25, 0.3) is 0 Å². The molecule has 2 aromatic heterocycles. The van der Waals surface area contributed by atoms with Crippen LogP contribution in [0.4, 0.5) is 0 Å². The second-order valence-electron chi connectivity index (χ2n) is 6.67. The molecular weight excluding hydrogens is 326 g/mol. The highest BCUT2D eigenvalue weighted by Gasteiger charge is 2.15. The van der Waals surface area contributed by atoms with Gasteiger partial charge in [-0.25, -0.2) is 9.97 Å². The molecule has 0 saturated carbocycles. The van der Waals surface area contributed by atoms with Crippen LogP contribution in [0.15, 0.2) is 24.3 Å². The number of ether oxygens (including phenoxy) is 1. The summed E-state index contributed by atoms with van der Waals surface area (Å²) in [6.45, 7) is 10.1. The maximum absolute atomic E-state index is 10.9. The molecule has 0 atom stereocenters. The fourth-order valence-electron chi connectivity index (χ4n) is 3.32. The van der Waals surface area contributed by atoms with Crippen LogP contribution in [0.5, 0.6) is 0 Å². The Morgan fingerprint density at radius 3 is 2.54 bits per heavy atom. The summed E-state index contributed by atoms with van der Waals surface area (Å²) in [6, 6.07) is 8.42.